The summed E-state index contributed by atoms with van der Waals surface area (Å²) in [5, 5.41) is 7.89. The second-order valence-electron chi connectivity index (χ2n) is 8.04. The molecule has 1 aromatic heterocycles. The smallest absolute Gasteiger partial charge is 0.255 e. The van der Waals surface area contributed by atoms with Gasteiger partial charge < -0.3 is 10.2 Å². The van der Waals surface area contributed by atoms with Gasteiger partial charge in [0.25, 0.3) is 5.91 Å². The molecule has 0 aliphatic rings. The molecule has 0 aliphatic carbocycles. The topological polar surface area (TPSA) is 50.2 Å². The third-order valence-electron chi connectivity index (χ3n) is 5.50. The maximum absolute atomic E-state index is 13.3. The first-order valence-corrected chi connectivity index (χ1v) is 10.8. The summed E-state index contributed by atoms with van der Waals surface area (Å²) < 4.78 is 1.84. The summed E-state index contributed by atoms with van der Waals surface area (Å²) in [6.45, 7) is 1.12. The van der Waals surface area contributed by atoms with Crippen molar-refractivity contribution in [3.63, 3.8) is 0 Å². The molecule has 4 aromatic rings. The van der Waals surface area contributed by atoms with Crippen molar-refractivity contribution in [2.75, 3.05) is 20.6 Å². The van der Waals surface area contributed by atoms with Crippen LogP contribution in [0.15, 0.2) is 97.2 Å². The fourth-order valence-corrected chi connectivity index (χ4v) is 3.81. The third kappa shape index (κ3) is 5.13. The molecule has 1 amide bonds. The number of rotatable bonds is 8. The van der Waals surface area contributed by atoms with Gasteiger partial charge >= 0.3 is 0 Å². The quantitative estimate of drug-likeness (QED) is 0.449. The summed E-state index contributed by atoms with van der Waals surface area (Å²) in [4.78, 5) is 15.4. The van der Waals surface area contributed by atoms with Gasteiger partial charge in [-0.1, -0.05) is 91.0 Å². The zero-order valence-electron chi connectivity index (χ0n) is 18.5. The molecule has 1 heterocycles. The summed E-state index contributed by atoms with van der Waals surface area (Å²) >= 11 is 0. The predicted octanol–water partition coefficient (Wildman–Crippen LogP) is 4.63. The number of carbonyl (C=O) groups is 1. The molecule has 0 aliphatic heterocycles. The molecule has 5 nitrogen and oxygen atoms in total. The number of carbonyl (C=O) groups excluding carboxylic acids is 1. The van der Waals surface area contributed by atoms with Gasteiger partial charge in [0.2, 0.25) is 0 Å². The minimum Gasteiger partial charge on any atom is -0.350 e. The van der Waals surface area contributed by atoms with Gasteiger partial charge in [0.15, 0.2) is 0 Å². The lowest BCUT2D eigenvalue weighted by atomic mass is 10.1. The normalized spacial score (nSPS) is 12.0. The Labute approximate surface area is 189 Å². The molecule has 1 atom stereocenters. The van der Waals surface area contributed by atoms with E-state index in [1.807, 2.05) is 91.7 Å². The standard InChI is InChI=1S/C27H28N4O/c1-30(2)25(22-14-8-4-9-15-22)18-28-27(32)24-20-31(19-21-12-6-3-7-13-21)29-26(24)23-16-10-5-11-17-23/h3-17,20,25H,18-19H2,1-2H3,(H,28,32)/t25-/m0/s1. The van der Waals surface area contributed by atoms with Crippen molar-refractivity contribution < 1.29 is 4.79 Å². The maximum Gasteiger partial charge on any atom is 0.255 e. The summed E-state index contributed by atoms with van der Waals surface area (Å²) in [6.07, 6.45) is 1.85. The van der Waals surface area contributed by atoms with Crippen LogP contribution < -0.4 is 5.32 Å². The molecule has 0 unspecified atom stereocenters. The van der Waals surface area contributed by atoms with Crippen molar-refractivity contribution in [2.45, 2.75) is 12.6 Å². The molecule has 0 spiro atoms. The Hall–Kier alpha value is -3.70. The summed E-state index contributed by atoms with van der Waals surface area (Å²) in [5.74, 6) is -0.119. The maximum atomic E-state index is 13.3. The Kier molecular flexibility index (Phi) is 6.78. The number of hydrogen-bond acceptors (Lipinski definition) is 3. The number of amides is 1. The highest BCUT2D eigenvalue weighted by Gasteiger charge is 2.20. The van der Waals surface area contributed by atoms with Crippen LogP contribution in [-0.4, -0.2) is 41.2 Å². The minimum absolute atomic E-state index is 0.0830. The summed E-state index contributed by atoms with van der Waals surface area (Å²) in [5.41, 5.74) is 4.51. The monoisotopic (exact) mass is 424 g/mol. The highest BCUT2D eigenvalue weighted by Crippen LogP contribution is 2.23. The number of nitrogens with one attached hydrogen (secondary N) is 1. The van der Waals surface area contributed by atoms with Gasteiger partial charge in [-0.3, -0.25) is 9.48 Å². The molecular formula is C27H28N4O. The number of aromatic nitrogens is 2. The second kappa shape index (κ2) is 10.1. The molecule has 162 valence electrons. The predicted molar refractivity (Wildman–Crippen MR) is 128 cm³/mol. The van der Waals surface area contributed by atoms with Crippen LogP contribution in [0, 0.1) is 0 Å². The Balaban J connectivity index is 1.58. The van der Waals surface area contributed by atoms with Crippen molar-refractivity contribution >= 4 is 5.91 Å². The van der Waals surface area contributed by atoms with E-state index in [1.165, 1.54) is 5.56 Å². The van der Waals surface area contributed by atoms with E-state index in [1.54, 1.807) is 0 Å². The lowest BCUT2D eigenvalue weighted by Crippen LogP contribution is -2.34. The van der Waals surface area contributed by atoms with Gasteiger partial charge in [-0.25, -0.2) is 0 Å². The SMILES string of the molecule is CN(C)[C@@H](CNC(=O)c1cn(Cc2ccccc2)nc1-c1ccccc1)c1ccccc1. The van der Waals surface area contributed by atoms with Gasteiger partial charge in [-0.05, 0) is 25.2 Å². The molecule has 32 heavy (non-hydrogen) atoms. The van der Waals surface area contributed by atoms with Crippen molar-refractivity contribution in [3.05, 3.63) is 114 Å². The average Bonchev–Trinajstić information content (AvgIpc) is 3.25. The molecule has 5 heteroatoms. The van der Waals surface area contributed by atoms with Gasteiger partial charge in [-0.2, -0.15) is 5.10 Å². The zero-order valence-corrected chi connectivity index (χ0v) is 18.5. The first kappa shape index (κ1) is 21.5. The van der Waals surface area contributed by atoms with Crippen LogP contribution in [0.4, 0.5) is 0 Å². The van der Waals surface area contributed by atoms with E-state index < -0.39 is 0 Å². The third-order valence-corrected chi connectivity index (χ3v) is 5.50. The van der Waals surface area contributed by atoms with Crippen molar-refractivity contribution in [2.24, 2.45) is 0 Å². The molecule has 0 saturated heterocycles. The molecular weight excluding hydrogens is 396 g/mol. The highest BCUT2D eigenvalue weighted by molar-refractivity contribution is 5.99. The Bertz CT molecular complexity index is 1140. The van der Waals surface area contributed by atoms with Crippen LogP contribution in [-0.2, 0) is 6.54 Å². The lowest BCUT2D eigenvalue weighted by Gasteiger charge is -2.25. The number of benzene rings is 3. The van der Waals surface area contributed by atoms with Crippen LogP contribution in [0.3, 0.4) is 0 Å². The van der Waals surface area contributed by atoms with E-state index in [-0.39, 0.29) is 11.9 Å². The molecule has 0 fully saturated rings. The van der Waals surface area contributed by atoms with E-state index in [4.69, 9.17) is 5.10 Å². The first-order chi connectivity index (χ1) is 15.6. The van der Waals surface area contributed by atoms with Crippen molar-refractivity contribution in [1.29, 1.82) is 0 Å². The molecule has 0 bridgehead atoms. The van der Waals surface area contributed by atoms with Crippen molar-refractivity contribution in [3.8, 4) is 11.3 Å². The Morgan fingerprint density at radius 1 is 0.906 bits per heavy atom. The second-order valence-corrected chi connectivity index (χ2v) is 8.04. The molecule has 4 rings (SSSR count). The van der Waals surface area contributed by atoms with E-state index in [9.17, 15) is 4.79 Å². The summed E-state index contributed by atoms with van der Waals surface area (Å²) in [7, 11) is 4.05. The fraction of sp³-hybridized carbons (Fsp3) is 0.185. The van der Waals surface area contributed by atoms with Gasteiger partial charge in [-0.15, -0.1) is 0 Å². The van der Waals surface area contributed by atoms with Crippen LogP contribution in [0.1, 0.15) is 27.5 Å². The Morgan fingerprint density at radius 2 is 1.50 bits per heavy atom. The summed E-state index contributed by atoms with van der Waals surface area (Å²) in [6, 6.07) is 30.3. The molecule has 0 radical (unpaired) electrons. The van der Waals surface area contributed by atoms with Crippen LogP contribution >= 0.6 is 0 Å². The zero-order chi connectivity index (χ0) is 22.3. The van der Waals surface area contributed by atoms with E-state index >= 15 is 0 Å². The minimum atomic E-state index is -0.119. The number of likely N-dealkylation sites (N-methyl/N-ethyl adjacent to an activating group) is 1. The van der Waals surface area contributed by atoms with Crippen molar-refractivity contribution in [1.82, 2.24) is 20.0 Å². The van der Waals surface area contributed by atoms with Gasteiger partial charge in [0, 0.05) is 18.3 Å². The van der Waals surface area contributed by atoms with E-state index in [0.717, 1.165) is 11.1 Å². The van der Waals surface area contributed by atoms with Gasteiger partial charge in [0.05, 0.1) is 18.2 Å². The lowest BCUT2D eigenvalue weighted by molar-refractivity contribution is 0.0942. The van der Waals surface area contributed by atoms with E-state index in [2.05, 4.69) is 34.5 Å². The number of nitrogens with zero attached hydrogens (tertiary/aromatic N) is 3. The Morgan fingerprint density at radius 3 is 2.12 bits per heavy atom. The molecule has 3 aromatic carbocycles. The molecule has 0 saturated carbocycles. The molecule has 1 N–H and O–H groups in total. The largest absolute Gasteiger partial charge is 0.350 e. The highest BCUT2D eigenvalue weighted by atomic mass is 16.1. The van der Waals surface area contributed by atoms with E-state index in [0.29, 0.717) is 24.3 Å². The van der Waals surface area contributed by atoms with Crippen LogP contribution in [0.25, 0.3) is 11.3 Å². The first-order valence-electron chi connectivity index (χ1n) is 10.8. The average molecular weight is 425 g/mol. The number of hydrogen-bond donors (Lipinski definition) is 1. The van der Waals surface area contributed by atoms with Crippen LogP contribution in [0.2, 0.25) is 0 Å². The van der Waals surface area contributed by atoms with Crippen LogP contribution in [0.5, 0.6) is 0 Å². The van der Waals surface area contributed by atoms with Gasteiger partial charge in [0.1, 0.15) is 5.69 Å². The fourth-order valence-electron chi connectivity index (χ4n) is 3.81.